The molecule has 2 aromatic rings. The Morgan fingerprint density at radius 2 is 1.82 bits per heavy atom. The van der Waals surface area contributed by atoms with Crippen LogP contribution in [0.5, 0.6) is 0 Å². The van der Waals surface area contributed by atoms with Crippen LogP contribution >= 0.6 is 0 Å². The van der Waals surface area contributed by atoms with Crippen molar-refractivity contribution in [2.45, 2.75) is 61.9 Å². The summed E-state index contributed by atoms with van der Waals surface area (Å²) in [5.74, 6) is -0.530. The minimum absolute atomic E-state index is 0.0196. The number of nitrogens with zero attached hydrogens (tertiary/aromatic N) is 2. The number of carbonyl (C=O) groups is 1. The molecule has 182 valence electrons. The van der Waals surface area contributed by atoms with E-state index in [9.17, 15) is 22.4 Å². The van der Waals surface area contributed by atoms with Gasteiger partial charge in [0.05, 0.1) is 4.90 Å². The topological polar surface area (TPSA) is 101 Å². The maximum atomic E-state index is 13.5. The SMILES string of the molecule is O=C(NC1CCCCC1)N1C[C@H]2C[C@H](C1)c1ccc(NS(=O)(=O)c3cccc(F)c3)c(=O)n1C2. The molecule has 2 fully saturated rings. The Labute approximate surface area is 198 Å². The number of halogens is 1. The molecule has 2 aliphatic heterocycles. The number of pyridine rings is 1. The molecule has 8 nitrogen and oxygen atoms in total. The number of anilines is 1. The van der Waals surface area contributed by atoms with Gasteiger partial charge < -0.3 is 14.8 Å². The van der Waals surface area contributed by atoms with Gasteiger partial charge in [-0.25, -0.2) is 17.6 Å². The third-order valence-corrected chi connectivity index (χ3v) is 8.54. The lowest BCUT2D eigenvalue weighted by molar-refractivity contribution is 0.127. The number of fused-ring (bicyclic) bond motifs is 4. The van der Waals surface area contributed by atoms with E-state index in [-0.39, 0.29) is 34.5 Å². The van der Waals surface area contributed by atoms with E-state index in [0.29, 0.717) is 19.6 Å². The summed E-state index contributed by atoms with van der Waals surface area (Å²) in [6, 6.07) is 8.09. The van der Waals surface area contributed by atoms with Crippen LogP contribution in [0.25, 0.3) is 0 Å². The molecule has 3 aliphatic rings. The van der Waals surface area contributed by atoms with Gasteiger partial charge in [-0.3, -0.25) is 9.52 Å². The van der Waals surface area contributed by atoms with Crippen LogP contribution in [0.3, 0.4) is 0 Å². The minimum Gasteiger partial charge on any atom is -0.335 e. The fourth-order valence-corrected chi connectivity index (χ4v) is 6.63. The Kier molecular flexibility index (Phi) is 6.09. The van der Waals surface area contributed by atoms with Crippen molar-refractivity contribution in [2.24, 2.45) is 5.92 Å². The van der Waals surface area contributed by atoms with Crippen LogP contribution in [0, 0.1) is 11.7 Å². The van der Waals surface area contributed by atoms with Crippen LogP contribution in [-0.4, -0.2) is 43.0 Å². The van der Waals surface area contributed by atoms with Gasteiger partial charge >= 0.3 is 6.03 Å². The van der Waals surface area contributed by atoms with E-state index >= 15 is 0 Å². The van der Waals surface area contributed by atoms with Gasteiger partial charge in [-0.2, -0.15) is 0 Å². The number of urea groups is 1. The van der Waals surface area contributed by atoms with Gasteiger partial charge in [0.2, 0.25) is 0 Å². The second-order valence-electron chi connectivity index (χ2n) is 9.64. The zero-order valence-corrected chi connectivity index (χ0v) is 19.7. The van der Waals surface area contributed by atoms with E-state index in [2.05, 4.69) is 10.0 Å². The summed E-state index contributed by atoms with van der Waals surface area (Å²) in [7, 11) is -4.10. The Hall–Kier alpha value is -2.88. The third kappa shape index (κ3) is 4.55. The van der Waals surface area contributed by atoms with Crippen molar-refractivity contribution in [3.8, 4) is 0 Å². The van der Waals surface area contributed by atoms with Crippen LogP contribution in [0.2, 0.25) is 0 Å². The molecular formula is C24H29FN4O4S. The first-order valence-corrected chi connectivity index (χ1v) is 13.4. The lowest BCUT2D eigenvalue weighted by atomic mass is 9.83. The van der Waals surface area contributed by atoms with Crippen molar-refractivity contribution < 1.29 is 17.6 Å². The predicted octanol–water partition coefficient (Wildman–Crippen LogP) is 3.25. The van der Waals surface area contributed by atoms with Gasteiger partial charge in [0.15, 0.2) is 0 Å². The molecule has 1 saturated carbocycles. The first kappa shape index (κ1) is 22.9. The average molecular weight is 489 g/mol. The summed E-state index contributed by atoms with van der Waals surface area (Å²) in [6.07, 6.45) is 6.47. The van der Waals surface area contributed by atoms with Crippen LogP contribution in [0.4, 0.5) is 14.9 Å². The molecule has 2 bridgehead atoms. The number of amides is 2. The fraction of sp³-hybridized carbons (Fsp3) is 0.500. The molecular weight excluding hydrogens is 459 g/mol. The van der Waals surface area contributed by atoms with Crippen molar-refractivity contribution >= 4 is 21.7 Å². The number of benzene rings is 1. The highest BCUT2D eigenvalue weighted by molar-refractivity contribution is 7.92. The lowest BCUT2D eigenvalue weighted by Crippen LogP contribution is -2.53. The van der Waals surface area contributed by atoms with E-state index in [1.807, 2.05) is 4.90 Å². The average Bonchev–Trinajstić information content (AvgIpc) is 2.81. The molecule has 10 heteroatoms. The second-order valence-corrected chi connectivity index (χ2v) is 11.3. The quantitative estimate of drug-likeness (QED) is 0.690. The zero-order valence-electron chi connectivity index (χ0n) is 18.9. The number of piperidine rings is 1. The van der Waals surface area contributed by atoms with Crippen LogP contribution in [0.1, 0.15) is 50.1 Å². The molecule has 34 heavy (non-hydrogen) atoms. The highest BCUT2D eigenvalue weighted by atomic mass is 32.2. The molecule has 1 aromatic heterocycles. The van der Waals surface area contributed by atoms with Gasteiger partial charge in [-0.15, -0.1) is 0 Å². The van der Waals surface area contributed by atoms with Crippen molar-refractivity contribution in [3.63, 3.8) is 0 Å². The first-order chi connectivity index (χ1) is 16.3. The fourth-order valence-electron chi connectivity index (χ4n) is 5.54. The van der Waals surface area contributed by atoms with E-state index in [4.69, 9.17) is 0 Å². The zero-order chi connectivity index (χ0) is 23.9. The van der Waals surface area contributed by atoms with Crippen LogP contribution < -0.4 is 15.6 Å². The largest absolute Gasteiger partial charge is 0.335 e. The van der Waals surface area contributed by atoms with Crippen LogP contribution in [-0.2, 0) is 16.6 Å². The Morgan fingerprint density at radius 1 is 1.03 bits per heavy atom. The number of aromatic nitrogens is 1. The van der Waals surface area contributed by atoms with Gasteiger partial charge in [-0.1, -0.05) is 25.3 Å². The van der Waals surface area contributed by atoms with Crippen molar-refractivity contribution in [1.82, 2.24) is 14.8 Å². The maximum absolute atomic E-state index is 13.5. The van der Waals surface area contributed by atoms with Crippen LogP contribution in [0.15, 0.2) is 46.1 Å². The van der Waals surface area contributed by atoms with E-state index in [1.165, 1.54) is 24.6 Å². The number of rotatable bonds is 4. The molecule has 2 amide bonds. The molecule has 3 heterocycles. The number of likely N-dealkylation sites (tertiary alicyclic amines) is 1. The molecule has 2 N–H and O–H groups in total. The van der Waals surface area contributed by atoms with E-state index in [0.717, 1.165) is 49.9 Å². The molecule has 1 aromatic carbocycles. The standard InChI is InChI=1S/C24H29FN4O4S/c25-18-5-4-8-20(12-18)34(32,33)27-21-9-10-22-17-11-16(14-29(22)23(21)30)13-28(15-17)24(31)26-19-6-2-1-3-7-19/h4-5,8-10,12,16-17,19,27H,1-3,6-7,11,13-15H2,(H,26,31)/t16-,17-/m1/s1. The summed E-state index contributed by atoms with van der Waals surface area (Å²) >= 11 is 0. The smallest absolute Gasteiger partial charge is 0.317 e. The highest BCUT2D eigenvalue weighted by Crippen LogP contribution is 2.35. The van der Waals surface area contributed by atoms with Gasteiger partial charge in [0.25, 0.3) is 15.6 Å². The van der Waals surface area contributed by atoms with E-state index in [1.54, 1.807) is 10.6 Å². The number of sulfonamides is 1. The lowest BCUT2D eigenvalue weighted by Gasteiger charge is -2.43. The predicted molar refractivity (Wildman–Crippen MR) is 126 cm³/mol. The maximum Gasteiger partial charge on any atom is 0.317 e. The van der Waals surface area contributed by atoms with Gasteiger partial charge in [0.1, 0.15) is 11.5 Å². The summed E-state index contributed by atoms with van der Waals surface area (Å²) in [5, 5.41) is 3.18. The first-order valence-electron chi connectivity index (χ1n) is 11.9. The van der Waals surface area contributed by atoms with Crippen molar-refractivity contribution in [3.05, 3.63) is 58.3 Å². The number of hydrogen-bond acceptors (Lipinski definition) is 4. The Morgan fingerprint density at radius 3 is 2.59 bits per heavy atom. The van der Waals surface area contributed by atoms with E-state index < -0.39 is 21.4 Å². The Balaban J connectivity index is 1.34. The number of carbonyl (C=O) groups excluding carboxylic acids is 1. The minimum atomic E-state index is -4.10. The molecule has 0 spiro atoms. The third-order valence-electron chi connectivity index (χ3n) is 7.17. The molecule has 1 aliphatic carbocycles. The summed E-state index contributed by atoms with van der Waals surface area (Å²) < 4.78 is 42.8. The van der Waals surface area contributed by atoms with Crippen molar-refractivity contribution in [2.75, 3.05) is 17.8 Å². The molecule has 5 rings (SSSR count). The molecule has 2 atom stereocenters. The number of nitrogens with one attached hydrogen (secondary N) is 2. The second kappa shape index (κ2) is 9.05. The monoisotopic (exact) mass is 488 g/mol. The molecule has 0 unspecified atom stereocenters. The Bertz CT molecular complexity index is 1260. The highest BCUT2D eigenvalue weighted by Gasteiger charge is 2.37. The van der Waals surface area contributed by atoms with Gasteiger partial charge in [-0.05, 0) is 55.5 Å². The summed E-state index contributed by atoms with van der Waals surface area (Å²) in [5.41, 5.74) is 0.317. The number of hydrogen-bond donors (Lipinski definition) is 2. The van der Waals surface area contributed by atoms with Crippen molar-refractivity contribution in [1.29, 1.82) is 0 Å². The van der Waals surface area contributed by atoms with Gasteiger partial charge in [0, 0.05) is 37.3 Å². The molecule has 1 saturated heterocycles. The summed E-state index contributed by atoms with van der Waals surface area (Å²) in [6.45, 7) is 1.52. The normalized spacial score (nSPS) is 22.7. The molecule has 0 radical (unpaired) electrons. The summed E-state index contributed by atoms with van der Waals surface area (Å²) in [4.78, 5) is 27.7.